The van der Waals surface area contributed by atoms with Crippen LogP contribution in [0.15, 0.2) is 30.3 Å². The van der Waals surface area contributed by atoms with Gasteiger partial charge in [-0.25, -0.2) is 4.79 Å². The first kappa shape index (κ1) is 10.4. The van der Waals surface area contributed by atoms with Gasteiger partial charge < -0.3 is 0 Å². The number of hydrogen-bond acceptors (Lipinski definition) is 3. The molecule has 0 fully saturated rings. The Morgan fingerprint density at radius 2 is 1.82 bits per heavy atom. The van der Waals surface area contributed by atoms with Crippen LogP contribution in [0.5, 0.6) is 0 Å². The smallest absolute Gasteiger partial charge is 0.296 e. The van der Waals surface area contributed by atoms with Crippen molar-refractivity contribution in [2.24, 2.45) is 0 Å². The van der Waals surface area contributed by atoms with Crippen LogP contribution in [0, 0.1) is 0 Å². The Hall–Kier alpha value is -0.610. The summed E-state index contributed by atoms with van der Waals surface area (Å²) in [4.78, 5) is 14.0. The first-order valence-corrected chi connectivity index (χ1v) is 2.75. The third kappa shape index (κ3) is 2.86. The zero-order valence-corrected chi connectivity index (χ0v) is 6.93. The topological polar surface area (TPSA) is 46.5 Å². The Bertz CT molecular complexity index is 222. The molecular weight excluding hydrogens is 240 g/mol. The van der Waals surface area contributed by atoms with Gasteiger partial charge in [-0.05, 0) is 12.1 Å². The summed E-state index contributed by atoms with van der Waals surface area (Å²) >= 11 is 0. The minimum atomic E-state index is -0.736. The van der Waals surface area contributed by atoms with Gasteiger partial charge in [-0.15, -0.1) is 0 Å². The number of benzene rings is 1. The molecule has 0 aliphatic carbocycles. The van der Waals surface area contributed by atoms with Gasteiger partial charge in [0.1, 0.15) is 0 Å². The number of rotatable bonds is 1. The van der Waals surface area contributed by atoms with E-state index < -0.39 is 5.97 Å². The molecular formula is C7H6AgO3. The molecule has 0 amide bonds. The molecule has 0 bridgehead atoms. The van der Waals surface area contributed by atoms with Crippen molar-refractivity contribution in [1.82, 2.24) is 0 Å². The number of hydrogen-bond donors (Lipinski definition) is 1. The van der Waals surface area contributed by atoms with E-state index in [1.165, 1.54) is 0 Å². The zero-order valence-electron chi connectivity index (χ0n) is 5.45. The van der Waals surface area contributed by atoms with Crippen LogP contribution in [0.3, 0.4) is 0 Å². The van der Waals surface area contributed by atoms with Crippen molar-refractivity contribution >= 4 is 5.97 Å². The maximum atomic E-state index is 10.5. The van der Waals surface area contributed by atoms with E-state index in [4.69, 9.17) is 5.26 Å². The summed E-state index contributed by atoms with van der Waals surface area (Å²) in [6, 6.07) is 8.25. The molecule has 0 heterocycles. The Balaban J connectivity index is 0.000001000. The van der Waals surface area contributed by atoms with Crippen LogP contribution in [0.25, 0.3) is 0 Å². The average molecular weight is 246 g/mol. The van der Waals surface area contributed by atoms with Crippen molar-refractivity contribution in [1.29, 1.82) is 0 Å². The van der Waals surface area contributed by atoms with E-state index in [9.17, 15) is 4.79 Å². The Morgan fingerprint density at radius 3 is 2.27 bits per heavy atom. The first-order chi connectivity index (χ1) is 4.84. The van der Waals surface area contributed by atoms with E-state index in [-0.39, 0.29) is 22.4 Å². The molecule has 0 aliphatic rings. The summed E-state index contributed by atoms with van der Waals surface area (Å²) < 4.78 is 0. The molecule has 1 aromatic rings. The number of carbonyl (C=O) groups excluding carboxylic acids is 1. The SMILES string of the molecule is O=C(OO)c1ccccc1.[Ag]. The van der Waals surface area contributed by atoms with Crippen molar-refractivity contribution in [2.45, 2.75) is 0 Å². The molecule has 1 radical (unpaired) electrons. The van der Waals surface area contributed by atoms with E-state index in [2.05, 4.69) is 4.89 Å². The summed E-state index contributed by atoms with van der Waals surface area (Å²) in [6.45, 7) is 0. The molecule has 0 atom stereocenters. The molecule has 0 unspecified atom stereocenters. The second kappa shape index (κ2) is 5.10. The van der Waals surface area contributed by atoms with Gasteiger partial charge >= 0.3 is 5.97 Å². The quantitative estimate of drug-likeness (QED) is 0.461. The van der Waals surface area contributed by atoms with E-state index in [1.807, 2.05) is 0 Å². The molecule has 0 spiro atoms. The van der Waals surface area contributed by atoms with Gasteiger partial charge in [-0.1, -0.05) is 18.2 Å². The third-order valence-electron chi connectivity index (χ3n) is 1.09. The molecule has 63 valence electrons. The predicted octanol–water partition coefficient (Wildman–Crippen LogP) is 1.31. The molecule has 0 saturated heterocycles. The van der Waals surface area contributed by atoms with Crippen LogP contribution >= 0.6 is 0 Å². The van der Waals surface area contributed by atoms with Crippen LogP contribution in [-0.2, 0) is 27.3 Å². The van der Waals surface area contributed by atoms with Crippen molar-refractivity contribution in [3.63, 3.8) is 0 Å². The zero-order chi connectivity index (χ0) is 7.40. The standard InChI is InChI=1S/C7H6O3.Ag/c8-7(10-9)6-4-2-1-3-5-6;/h1-5,9H;. The molecule has 1 N–H and O–H groups in total. The molecule has 0 saturated carbocycles. The summed E-state index contributed by atoms with van der Waals surface area (Å²) in [7, 11) is 0. The van der Waals surface area contributed by atoms with Gasteiger partial charge in [0.15, 0.2) is 0 Å². The van der Waals surface area contributed by atoms with Crippen LogP contribution in [-0.4, -0.2) is 11.2 Å². The third-order valence-corrected chi connectivity index (χ3v) is 1.09. The van der Waals surface area contributed by atoms with Crippen LogP contribution in [0.1, 0.15) is 10.4 Å². The minimum Gasteiger partial charge on any atom is -0.296 e. The van der Waals surface area contributed by atoms with E-state index >= 15 is 0 Å². The fraction of sp³-hybridized carbons (Fsp3) is 0. The second-order valence-electron chi connectivity index (χ2n) is 1.74. The van der Waals surface area contributed by atoms with E-state index in [0.29, 0.717) is 5.56 Å². The predicted molar refractivity (Wildman–Crippen MR) is 34.5 cm³/mol. The molecule has 1 aromatic carbocycles. The van der Waals surface area contributed by atoms with Gasteiger partial charge in [0.25, 0.3) is 0 Å². The summed E-state index contributed by atoms with van der Waals surface area (Å²) in [5.74, 6) is -0.736. The van der Waals surface area contributed by atoms with Crippen molar-refractivity contribution in [3.8, 4) is 0 Å². The number of carbonyl (C=O) groups is 1. The summed E-state index contributed by atoms with van der Waals surface area (Å²) in [5, 5.41) is 7.94. The van der Waals surface area contributed by atoms with Crippen LogP contribution < -0.4 is 0 Å². The summed E-state index contributed by atoms with van der Waals surface area (Å²) in [5.41, 5.74) is 0.338. The molecule has 4 heteroatoms. The Morgan fingerprint density at radius 1 is 1.27 bits per heavy atom. The minimum absolute atomic E-state index is 0. The van der Waals surface area contributed by atoms with Crippen LogP contribution in [0.2, 0.25) is 0 Å². The van der Waals surface area contributed by atoms with Gasteiger partial charge in [-0.2, -0.15) is 5.26 Å². The van der Waals surface area contributed by atoms with E-state index in [1.54, 1.807) is 30.3 Å². The van der Waals surface area contributed by atoms with Gasteiger partial charge in [0.05, 0.1) is 5.56 Å². The van der Waals surface area contributed by atoms with E-state index in [0.717, 1.165) is 0 Å². The monoisotopic (exact) mass is 245 g/mol. The summed E-state index contributed by atoms with van der Waals surface area (Å²) in [6.07, 6.45) is 0. The Kier molecular flexibility index (Phi) is 4.81. The molecule has 11 heavy (non-hydrogen) atoms. The molecule has 1 rings (SSSR count). The maximum Gasteiger partial charge on any atom is 0.372 e. The molecule has 3 nitrogen and oxygen atoms in total. The normalized spacial score (nSPS) is 8.09. The fourth-order valence-electron chi connectivity index (χ4n) is 0.627. The maximum absolute atomic E-state index is 10.5. The fourth-order valence-corrected chi connectivity index (χ4v) is 0.627. The second-order valence-corrected chi connectivity index (χ2v) is 1.74. The van der Waals surface area contributed by atoms with Gasteiger partial charge in [0, 0.05) is 22.4 Å². The van der Waals surface area contributed by atoms with Crippen LogP contribution in [0.4, 0.5) is 0 Å². The first-order valence-electron chi connectivity index (χ1n) is 2.75. The largest absolute Gasteiger partial charge is 0.372 e. The molecule has 0 aliphatic heterocycles. The average Bonchev–Trinajstić information content (AvgIpc) is 2.05. The van der Waals surface area contributed by atoms with Crippen molar-refractivity contribution in [2.75, 3.05) is 0 Å². The van der Waals surface area contributed by atoms with Gasteiger partial charge in [-0.3, -0.25) is 4.89 Å². The van der Waals surface area contributed by atoms with Crippen molar-refractivity contribution < 1.29 is 37.3 Å². The van der Waals surface area contributed by atoms with Crippen molar-refractivity contribution in [3.05, 3.63) is 35.9 Å². The molecule has 0 aromatic heterocycles. The van der Waals surface area contributed by atoms with Gasteiger partial charge in [0.2, 0.25) is 0 Å². The Labute approximate surface area is 79.4 Å².